The molecule has 0 spiro atoms. The van der Waals surface area contributed by atoms with Crippen LogP contribution in [0.2, 0.25) is 0 Å². The summed E-state index contributed by atoms with van der Waals surface area (Å²) in [4.78, 5) is 10.9. The molecule has 0 fully saturated rings. The van der Waals surface area contributed by atoms with E-state index in [9.17, 15) is 40.6 Å². The molecule has 0 aromatic heterocycles. The largest absolute Gasteiger partial charge is 0.507 e. The Kier molecular flexibility index (Phi) is 5.29. The Morgan fingerprint density at radius 2 is 1.74 bits per heavy atom. The van der Waals surface area contributed by atoms with E-state index < -0.39 is 29.7 Å². The van der Waals surface area contributed by atoms with Gasteiger partial charge in [-0.2, -0.15) is 35.8 Å². The third kappa shape index (κ3) is 3.92. The van der Waals surface area contributed by atoms with Crippen molar-refractivity contribution in [2.45, 2.75) is 18.0 Å². The number of hydrogen-bond donors (Lipinski definition) is 2. The predicted molar refractivity (Wildman–Crippen MR) is 67.5 cm³/mol. The van der Waals surface area contributed by atoms with Gasteiger partial charge in [0.05, 0.1) is 6.21 Å². The summed E-state index contributed by atoms with van der Waals surface area (Å²) in [6.45, 7) is 0. The number of phenols is 1. The van der Waals surface area contributed by atoms with Gasteiger partial charge in [-0.05, 0) is 18.2 Å². The Morgan fingerprint density at radius 1 is 1.17 bits per heavy atom. The molecule has 23 heavy (non-hydrogen) atoms. The molecule has 0 unspecified atom stereocenters. The lowest BCUT2D eigenvalue weighted by molar-refractivity contribution is -0.344. The van der Waals surface area contributed by atoms with E-state index in [0.29, 0.717) is 10.7 Å². The maximum Gasteiger partial charge on any atom is 0.460 e. The van der Waals surface area contributed by atoms with Gasteiger partial charge < -0.3 is 5.11 Å². The molecule has 0 atom stereocenters. The van der Waals surface area contributed by atoms with E-state index in [1.165, 1.54) is 12.1 Å². The van der Waals surface area contributed by atoms with Crippen LogP contribution in [-0.4, -0.2) is 35.2 Å². The first-order valence-corrected chi connectivity index (χ1v) is 6.24. The van der Waals surface area contributed by atoms with Gasteiger partial charge in [-0.25, -0.2) is 5.43 Å². The fraction of sp³-hybridized carbons (Fsp3) is 0.273. The minimum atomic E-state index is -6.62. The fourth-order valence-corrected chi connectivity index (χ4v) is 1.56. The molecule has 0 aliphatic rings. The summed E-state index contributed by atoms with van der Waals surface area (Å²) in [6, 6.07) is 3.76. The molecular weight excluding hydrogens is 405 g/mol. The van der Waals surface area contributed by atoms with Crippen LogP contribution in [0.4, 0.5) is 30.7 Å². The Labute approximate surface area is 132 Å². The van der Waals surface area contributed by atoms with Crippen molar-refractivity contribution >= 4 is 28.1 Å². The number of rotatable bonds is 4. The second-order valence-corrected chi connectivity index (χ2v) is 4.96. The predicted octanol–water partition coefficient (Wildman–Crippen LogP) is 3.44. The van der Waals surface area contributed by atoms with Gasteiger partial charge in [-0.1, -0.05) is 15.9 Å². The van der Waals surface area contributed by atoms with Crippen molar-refractivity contribution in [3.05, 3.63) is 28.2 Å². The van der Waals surface area contributed by atoms with Crippen LogP contribution in [0.15, 0.2) is 27.8 Å². The molecule has 2 N–H and O–H groups in total. The third-order valence-corrected chi connectivity index (χ3v) is 2.89. The third-order valence-electron chi connectivity index (χ3n) is 2.39. The van der Waals surface area contributed by atoms with E-state index in [0.717, 1.165) is 11.5 Å². The van der Waals surface area contributed by atoms with Gasteiger partial charge in [0.25, 0.3) is 0 Å². The highest BCUT2D eigenvalue weighted by Crippen LogP contribution is 2.46. The standard InChI is InChI=1S/C11H6BrF7N2O2/c12-6-1-2-7(22)5(3-6)4-20-21-8(23)9(13,14)10(15,16)11(17,18)19/h1-4,22H,(H,21,23)/b20-4+. The number of amides is 1. The molecule has 12 heteroatoms. The lowest BCUT2D eigenvalue weighted by atomic mass is 10.1. The normalized spacial score (nSPS) is 13.4. The molecule has 0 radical (unpaired) electrons. The monoisotopic (exact) mass is 410 g/mol. The highest BCUT2D eigenvalue weighted by atomic mass is 79.9. The Hall–Kier alpha value is -1.85. The molecule has 4 nitrogen and oxygen atoms in total. The summed E-state index contributed by atoms with van der Waals surface area (Å²) >= 11 is 2.99. The Morgan fingerprint density at radius 3 is 2.26 bits per heavy atom. The van der Waals surface area contributed by atoms with Crippen LogP contribution >= 0.6 is 15.9 Å². The fourth-order valence-electron chi connectivity index (χ4n) is 1.18. The number of halogens is 8. The summed E-state index contributed by atoms with van der Waals surface area (Å²) in [5, 5.41) is 12.2. The van der Waals surface area contributed by atoms with Crippen LogP contribution in [-0.2, 0) is 4.79 Å². The Balaban J connectivity index is 2.91. The molecular formula is C11H6BrF7N2O2. The minimum absolute atomic E-state index is 0.120. The molecule has 0 aliphatic heterocycles. The smallest absolute Gasteiger partial charge is 0.460 e. The van der Waals surface area contributed by atoms with Crippen molar-refractivity contribution in [1.82, 2.24) is 5.43 Å². The summed E-state index contributed by atoms with van der Waals surface area (Å²) in [5.74, 6) is -16.0. The molecule has 1 aromatic carbocycles. The van der Waals surface area contributed by atoms with Crippen LogP contribution in [0.25, 0.3) is 0 Å². The number of hydrazone groups is 1. The average molecular weight is 411 g/mol. The van der Waals surface area contributed by atoms with E-state index in [1.807, 2.05) is 0 Å². The topological polar surface area (TPSA) is 61.7 Å². The van der Waals surface area contributed by atoms with Gasteiger partial charge in [-0.15, -0.1) is 0 Å². The molecule has 128 valence electrons. The summed E-state index contributed by atoms with van der Waals surface area (Å²) in [5.41, 5.74) is 0.751. The number of nitrogens with one attached hydrogen (secondary N) is 1. The molecule has 1 rings (SSSR count). The summed E-state index contributed by atoms with van der Waals surface area (Å²) in [6.07, 6.45) is -6.04. The average Bonchev–Trinajstić information content (AvgIpc) is 2.41. The molecule has 0 saturated heterocycles. The zero-order valence-corrected chi connectivity index (χ0v) is 12.2. The van der Waals surface area contributed by atoms with E-state index in [4.69, 9.17) is 0 Å². The van der Waals surface area contributed by atoms with Gasteiger partial charge in [0.15, 0.2) is 0 Å². The number of carbonyl (C=O) groups excluding carboxylic acids is 1. The SMILES string of the molecule is O=C(N/N=C/c1cc(Br)ccc1O)C(F)(F)C(F)(F)C(F)(F)F. The zero-order valence-electron chi connectivity index (χ0n) is 10.6. The van der Waals surface area contributed by atoms with E-state index in [-0.39, 0.29) is 5.56 Å². The lowest BCUT2D eigenvalue weighted by Gasteiger charge is -2.26. The number of aromatic hydroxyl groups is 1. The second kappa shape index (κ2) is 6.34. The number of nitrogens with zero attached hydrogens (tertiary/aromatic N) is 1. The first-order chi connectivity index (χ1) is 10.3. The number of alkyl halides is 7. The number of benzene rings is 1. The molecule has 0 heterocycles. The van der Waals surface area contributed by atoms with Crippen molar-refractivity contribution in [3.63, 3.8) is 0 Å². The summed E-state index contributed by atoms with van der Waals surface area (Å²) < 4.78 is 87.2. The molecule has 0 bridgehead atoms. The number of carbonyl (C=O) groups is 1. The van der Waals surface area contributed by atoms with Crippen LogP contribution in [0, 0.1) is 0 Å². The van der Waals surface area contributed by atoms with Crippen LogP contribution in [0.5, 0.6) is 5.75 Å². The first-order valence-electron chi connectivity index (χ1n) is 5.45. The van der Waals surface area contributed by atoms with Crippen LogP contribution in [0.3, 0.4) is 0 Å². The molecule has 0 aliphatic carbocycles. The zero-order chi connectivity index (χ0) is 18.1. The highest BCUT2D eigenvalue weighted by molar-refractivity contribution is 9.10. The molecule has 1 amide bonds. The van der Waals surface area contributed by atoms with E-state index in [2.05, 4.69) is 21.0 Å². The van der Waals surface area contributed by atoms with E-state index in [1.54, 1.807) is 0 Å². The quantitative estimate of drug-likeness (QED) is 0.453. The van der Waals surface area contributed by atoms with Gasteiger partial charge >= 0.3 is 23.9 Å². The van der Waals surface area contributed by atoms with Gasteiger partial charge in [0, 0.05) is 10.0 Å². The van der Waals surface area contributed by atoms with Crippen molar-refractivity contribution in [3.8, 4) is 5.75 Å². The van der Waals surface area contributed by atoms with Crippen LogP contribution < -0.4 is 5.43 Å². The van der Waals surface area contributed by atoms with Crippen molar-refractivity contribution < 1.29 is 40.6 Å². The number of phenolic OH excluding ortho intramolecular Hbond substituents is 1. The number of hydrogen-bond acceptors (Lipinski definition) is 3. The highest BCUT2D eigenvalue weighted by Gasteiger charge is 2.76. The Bertz CT molecular complexity index is 631. The van der Waals surface area contributed by atoms with Crippen molar-refractivity contribution in [2.24, 2.45) is 5.10 Å². The second-order valence-electron chi connectivity index (χ2n) is 4.05. The first kappa shape index (κ1) is 19.2. The van der Waals surface area contributed by atoms with Gasteiger partial charge in [0.1, 0.15) is 5.75 Å². The van der Waals surface area contributed by atoms with Gasteiger partial charge in [-0.3, -0.25) is 4.79 Å². The summed E-state index contributed by atoms with van der Waals surface area (Å²) in [7, 11) is 0. The molecule has 1 aromatic rings. The molecule has 0 saturated carbocycles. The maximum atomic E-state index is 12.9. The van der Waals surface area contributed by atoms with E-state index >= 15 is 0 Å². The maximum absolute atomic E-state index is 12.9. The lowest BCUT2D eigenvalue weighted by Crippen LogP contribution is -2.58. The minimum Gasteiger partial charge on any atom is -0.507 e. The van der Waals surface area contributed by atoms with Crippen molar-refractivity contribution in [1.29, 1.82) is 0 Å². The van der Waals surface area contributed by atoms with Gasteiger partial charge in [0.2, 0.25) is 0 Å². The van der Waals surface area contributed by atoms with Crippen molar-refractivity contribution in [2.75, 3.05) is 0 Å². The van der Waals surface area contributed by atoms with Crippen LogP contribution in [0.1, 0.15) is 5.56 Å².